The highest BCUT2D eigenvalue weighted by molar-refractivity contribution is 5.72. The van der Waals surface area contributed by atoms with Gasteiger partial charge in [0.25, 0.3) is 0 Å². The van der Waals surface area contributed by atoms with Gasteiger partial charge in [0, 0.05) is 23.0 Å². The molecule has 2 aromatic heterocycles. The first kappa shape index (κ1) is 26.5. The van der Waals surface area contributed by atoms with Crippen LogP contribution in [0.3, 0.4) is 0 Å². The van der Waals surface area contributed by atoms with Crippen molar-refractivity contribution < 1.29 is 13.5 Å². The van der Waals surface area contributed by atoms with E-state index in [0.29, 0.717) is 48.5 Å². The standard InChI is InChI=1S/C30H37F2N5O/c1-18(2)28-23(20-8-10-36(5)11-9-20)7-6-22(34-28)16-27-33-17-25(32)29(35-27)21-14-24(31)30-26(15-21)37(19(3)4)12-13-38-30/h6-7,14-15,17-20H,8-13,16H2,1-5H3. The summed E-state index contributed by atoms with van der Waals surface area (Å²) in [7, 11) is 2.17. The van der Waals surface area contributed by atoms with E-state index < -0.39 is 11.6 Å². The number of piperidine rings is 1. The van der Waals surface area contributed by atoms with Gasteiger partial charge in [-0.15, -0.1) is 0 Å². The molecule has 38 heavy (non-hydrogen) atoms. The number of likely N-dealkylation sites (tertiary alicyclic amines) is 1. The van der Waals surface area contributed by atoms with Gasteiger partial charge in [0.2, 0.25) is 0 Å². The van der Waals surface area contributed by atoms with E-state index in [0.717, 1.165) is 37.3 Å². The number of anilines is 1. The van der Waals surface area contributed by atoms with Crippen molar-refractivity contribution in [3.63, 3.8) is 0 Å². The van der Waals surface area contributed by atoms with Gasteiger partial charge in [0.15, 0.2) is 17.4 Å². The number of benzene rings is 1. The van der Waals surface area contributed by atoms with Gasteiger partial charge in [0.05, 0.1) is 24.8 Å². The summed E-state index contributed by atoms with van der Waals surface area (Å²) in [5.41, 5.74) is 4.36. The van der Waals surface area contributed by atoms with Gasteiger partial charge < -0.3 is 14.5 Å². The normalized spacial score (nSPS) is 16.7. The van der Waals surface area contributed by atoms with Gasteiger partial charge in [-0.3, -0.25) is 4.98 Å². The molecule has 0 spiro atoms. The molecular weight excluding hydrogens is 484 g/mol. The van der Waals surface area contributed by atoms with E-state index in [1.54, 1.807) is 6.07 Å². The molecular formula is C30H37F2N5O. The molecule has 0 N–H and O–H groups in total. The molecule has 0 bridgehead atoms. The highest BCUT2D eigenvalue weighted by atomic mass is 19.1. The Bertz CT molecular complexity index is 1300. The number of pyridine rings is 1. The molecule has 2 aliphatic heterocycles. The summed E-state index contributed by atoms with van der Waals surface area (Å²) in [4.78, 5) is 18.2. The van der Waals surface area contributed by atoms with Crippen LogP contribution in [-0.4, -0.2) is 59.2 Å². The summed E-state index contributed by atoms with van der Waals surface area (Å²) in [5.74, 6) is 0.361. The zero-order chi connectivity index (χ0) is 27.0. The smallest absolute Gasteiger partial charge is 0.178 e. The molecule has 202 valence electrons. The fourth-order valence-corrected chi connectivity index (χ4v) is 5.58. The van der Waals surface area contributed by atoms with Gasteiger partial charge in [0.1, 0.15) is 18.1 Å². The summed E-state index contributed by atoms with van der Waals surface area (Å²) in [6.45, 7) is 11.7. The molecule has 0 aliphatic carbocycles. The van der Waals surface area contributed by atoms with E-state index in [2.05, 4.69) is 46.7 Å². The van der Waals surface area contributed by atoms with Crippen molar-refractivity contribution in [3.8, 4) is 17.0 Å². The van der Waals surface area contributed by atoms with Crippen molar-refractivity contribution in [3.05, 3.63) is 64.9 Å². The maximum Gasteiger partial charge on any atom is 0.178 e. The number of ether oxygens (including phenoxy) is 1. The summed E-state index contributed by atoms with van der Waals surface area (Å²) in [6, 6.07) is 7.46. The maximum absolute atomic E-state index is 15.0. The van der Waals surface area contributed by atoms with Crippen molar-refractivity contribution in [1.29, 1.82) is 0 Å². The maximum atomic E-state index is 15.0. The SMILES string of the molecule is CC(C)c1nc(Cc2ncc(F)c(-c3cc(F)c4c(c3)N(C(C)C)CCO4)n2)ccc1C1CCN(C)CC1. The van der Waals surface area contributed by atoms with Crippen LogP contribution < -0.4 is 9.64 Å². The predicted molar refractivity (Wildman–Crippen MR) is 146 cm³/mol. The molecule has 1 aromatic carbocycles. The third-order valence-electron chi connectivity index (χ3n) is 7.66. The second-order valence-corrected chi connectivity index (χ2v) is 11.1. The molecule has 1 fully saturated rings. The van der Waals surface area contributed by atoms with Gasteiger partial charge in [-0.05, 0) is 82.4 Å². The number of aromatic nitrogens is 3. The van der Waals surface area contributed by atoms with Crippen LogP contribution in [0.2, 0.25) is 0 Å². The van der Waals surface area contributed by atoms with E-state index in [9.17, 15) is 4.39 Å². The second kappa shape index (κ2) is 10.9. The third kappa shape index (κ3) is 5.37. The second-order valence-electron chi connectivity index (χ2n) is 11.1. The first-order valence-corrected chi connectivity index (χ1v) is 13.6. The Morgan fingerprint density at radius 1 is 1.00 bits per heavy atom. The molecule has 6 nitrogen and oxygen atoms in total. The highest BCUT2D eigenvalue weighted by Crippen LogP contribution is 2.39. The minimum absolute atomic E-state index is 0.0815. The van der Waals surface area contributed by atoms with Crippen molar-refractivity contribution in [2.45, 2.75) is 64.8 Å². The molecule has 0 saturated carbocycles. The van der Waals surface area contributed by atoms with Crippen LogP contribution in [0.1, 0.15) is 75.1 Å². The van der Waals surface area contributed by atoms with E-state index in [1.807, 2.05) is 19.9 Å². The average molecular weight is 522 g/mol. The zero-order valence-corrected chi connectivity index (χ0v) is 23.0. The van der Waals surface area contributed by atoms with Crippen LogP contribution >= 0.6 is 0 Å². The Morgan fingerprint density at radius 3 is 2.47 bits per heavy atom. The Balaban J connectivity index is 1.45. The van der Waals surface area contributed by atoms with Crippen LogP contribution in [0.15, 0.2) is 30.5 Å². The van der Waals surface area contributed by atoms with Crippen LogP contribution in [0.4, 0.5) is 14.5 Å². The van der Waals surface area contributed by atoms with Gasteiger partial charge in [-0.2, -0.15) is 0 Å². The number of hydrogen-bond donors (Lipinski definition) is 0. The number of fused-ring (bicyclic) bond motifs is 1. The highest BCUT2D eigenvalue weighted by Gasteiger charge is 2.26. The molecule has 5 rings (SSSR count). The van der Waals surface area contributed by atoms with Crippen molar-refractivity contribution >= 4 is 5.69 Å². The topological polar surface area (TPSA) is 54.4 Å². The third-order valence-corrected chi connectivity index (χ3v) is 7.66. The summed E-state index contributed by atoms with van der Waals surface area (Å²) in [5, 5.41) is 0. The van der Waals surface area contributed by atoms with Crippen molar-refractivity contribution in [2.75, 3.05) is 38.2 Å². The van der Waals surface area contributed by atoms with Crippen LogP contribution in [0.25, 0.3) is 11.3 Å². The van der Waals surface area contributed by atoms with Crippen molar-refractivity contribution in [2.24, 2.45) is 0 Å². The number of hydrogen-bond acceptors (Lipinski definition) is 6. The summed E-state index contributed by atoms with van der Waals surface area (Å²) < 4.78 is 35.6. The van der Waals surface area contributed by atoms with E-state index in [1.165, 1.54) is 17.8 Å². The Labute approximate surface area is 224 Å². The Kier molecular flexibility index (Phi) is 7.61. The average Bonchev–Trinajstić information content (AvgIpc) is 2.90. The number of rotatable bonds is 6. The summed E-state index contributed by atoms with van der Waals surface area (Å²) in [6.07, 6.45) is 3.81. The zero-order valence-electron chi connectivity index (χ0n) is 23.0. The lowest BCUT2D eigenvalue weighted by molar-refractivity contribution is 0.254. The first-order valence-electron chi connectivity index (χ1n) is 13.6. The van der Waals surface area contributed by atoms with E-state index in [-0.39, 0.29) is 17.5 Å². The minimum atomic E-state index is -0.589. The quantitative estimate of drug-likeness (QED) is 0.400. The monoisotopic (exact) mass is 521 g/mol. The minimum Gasteiger partial charge on any atom is -0.486 e. The molecule has 4 heterocycles. The number of nitrogens with zero attached hydrogens (tertiary/aromatic N) is 5. The lowest BCUT2D eigenvalue weighted by Crippen LogP contribution is -2.38. The number of halogens is 2. The van der Waals surface area contributed by atoms with Crippen LogP contribution in [0, 0.1) is 11.6 Å². The Hall–Kier alpha value is -3.13. The first-order chi connectivity index (χ1) is 18.2. The molecule has 0 amide bonds. The largest absolute Gasteiger partial charge is 0.486 e. The lowest BCUT2D eigenvalue weighted by Gasteiger charge is -2.34. The van der Waals surface area contributed by atoms with Crippen LogP contribution in [0.5, 0.6) is 5.75 Å². The molecule has 8 heteroatoms. The Morgan fingerprint density at radius 2 is 1.76 bits per heavy atom. The molecule has 3 aromatic rings. The molecule has 0 atom stereocenters. The van der Waals surface area contributed by atoms with Gasteiger partial charge in [-0.25, -0.2) is 18.7 Å². The van der Waals surface area contributed by atoms with Gasteiger partial charge in [-0.1, -0.05) is 19.9 Å². The van der Waals surface area contributed by atoms with Gasteiger partial charge >= 0.3 is 0 Å². The fourth-order valence-electron chi connectivity index (χ4n) is 5.58. The summed E-state index contributed by atoms with van der Waals surface area (Å²) >= 11 is 0. The molecule has 0 unspecified atom stereocenters. The van der Waals surface area contributed by atoms with Crippen LogP contribution in [-0.2, 0) is 6.42 Å². The molecule has 1 saturated heterocycles. The lowest BCUT2D eigenvalue weighted by atomic mass is 9.86. The predicted octanol–water partition coefficient (Wildman–Crippen LogP) is 5.95. The molecule has 2 aliphatic rings. The van der Waals surface area contributed by atoms with Crippen molar-refractivity contribution in [1.82, 2.24) is 19.9 Å². The van der Waals surface area contributed by atoms with E-state index in [4.69, 9.17) is 9.72 Å². The molecule has 0 radical (unpaired) electrons. The van der Waals surface area contributed by atoms with E-state index >= 15 is 4.39 Å². The fraction of sp³-hybridized carbons (Fsp3) is 0.500.